The molecule has 0 aliphatic heterocycles. The minimum Gasteiger partial charge on any atom is -0.309 e. The van der Waals surface area contributed by atoms with Gasteiger partial charge in [-0.1, -0.05) is 158 Å². The van der Waals surface area contributed by atoms with Crippen molar-refractivity contribution in [3.63, 3.8) is 0 Å². The molecule has 0 amide bonds. The molecule has 11 aromatic carbocycles. The van der Waals surface area contributed by atoms with Gasteiger partial charge in [0, 0.05) is 59.7 Å². The molecule has 0 saturated carbocycles. The fourth-order valence-corrected chi connectivity index (χ4v) is 11.9. The van der Waals surface area contributed by atoms with Crippen molar-refractivity contribution in [3.05, 3.63) is 212 Å². The minimum absolute atomic E-state index is 0.809. The van der Waals surface area contributed by atoms with E-state index in [2.05, 4.69) is 214 Å². The Morgan fingerprint density at radius 1 is 0.299 bits per heavy atom. The summed E-state index contributed by atoms with van der Waals surface area (Å²) in [6.07, 6.45) is 0. The van der Waals surface area contributed by atoms with Crippen LogP contribution in [0.25, 0.3) is 148 Å². The molecule has 5 nitrogen and oxygen atoms in total. The van der Waals surface area contributed by atoms with E-state index in [0.29, 0.717) is 0 Å². The molecule has 16 rings (SSSR count). The van der Waals surface area contributed by atoms with E-state index in [1.165, 1.54) is 103 Å². The predicted octanol–water partition coefficient (Wildman–Crippen LogP) is 16.1. The number of hydrogen-bond donors (Lipinski definition) is 0. The lowest BCUT2D eigenvalue weighted by Gasteiger charge is -2.15. The van der Waals surface area contributed by atoms with Crippen molar-refractivity contribution < 1.29 is 0 Å². The molecule has 5 aromatic heterocycles. The lowest BCUT2D eigenvalue weighted by molar-refractivity contribution is 1.08. The van der Waals surface area contributed by atoms with Crippen LogP contribution < -0.4 is 0 Å². The van der Waals surface area contributed by atoms with Gasteiger partial charge in [-0.2, -0.15) is 0 Å². The third-order valence-corrected chi connectivity index (χ3v) is 14.7. The predicted molar refractivity (Wildman–Crippen MR) is 281 cm³/mol. The third-order valence-electron chi connectivity index (χ3n) is 14.7. The van der Waals surface area contributed by atoms with E-state index in [4.69, 9.17) is 9.97 Å². The highest BCUT2D eigenvalue weighted by Gasteiger charge is 2.27. The first kappa shape index (κ1) is 35.3. The molecule has 0 N–H and O–H groups in total. The van der Waals surface area contributed by atoms with Crippen LogP contribution in [0.1, 0.15) is 0 Å². The molecule has 5 heteroatoms. The zero-order chi connectivity index (χ0) is 43.5. The van der Waals surface area contributed by atoms with Gasteiger partial charge in [0.2, 0.25) is 0 Å². The van der Waals surface area contributed by atoms with Gasteiger partial charge in [0.1, 0.15) is 5.69 Å². The van der Waals surface area contributed by atoms with Gasteiger partial charge in [-0.15, -0.1) is 0 Å². The summed E-state index contributed by atoms with van der Waals surface area (Å²) in [5.74, 6) is 0.809. The van der Waals surface area contributed by atoms with Crippen LogP contribution in [-0.2, 0) is 0 Å². The summed E-state index contributed by atoms with van der Waals surface area (Å²) in [5.41, 5.74) is 13.0. The highest BCUT2D eigenvalue weighted by molar-refractivity contribution is 6.38. The normalized spacial score (nSPS) is 12.5. The summed E-state index contributed by atoms with van der Waals surface area (Å²) in [6, 6.07) is 77.5. The van der Waals surface area contributed by atoms with E-state index < -0.39 is 0 Å². The first-order valence-electron chi connectivity index (χ1n) is 23.0. The number of hydrogen-bond acceptors (Lipinski definition) is 2. The van der Waals surface area contributed by atoms with Crippen LogP contribution >= 0.6 is 0 Å². The number of nitrogens with zero attached hydrogens (tertiary/aromatic N) is 5. The number of aromatic nitrogens is 5. The molecule has 0 unspecified atom stereocenters. The summed E-state index contributed by atoms with van der Waals surface area (Å²) in [5, 5.41) is 17.4. The Hall–Kier alpha value is -9.06. The average molecular weight is 850 g/mol. The number of rotatable bonds is 3. The van der Waals surface area contributed by atoms with Crippen LogP contribution in [0.3, 0.4) is 0 Å². The summed E-state index contributed by atoms with van der Waals surface area (Å²) < 4.78 is 7.38. The summed E-state index contributed by atoms with van der Waals surface area (Å²) in [7, 11) is 0. The maximum atomic E-state index is 5.47. The standard InChI is InChI=1S/C62H35N5/c1-4-16-41-36(13-1)29-34-54-55(41)45-20-8-12-24-52(45)66(54)62-58(63-49-21-9-10-22-50(49)64-62)39-25-30-40(31-26-39)65-53-33-28-37-14-2-5-17-42(37)56(53)48-35-47-44-19-7-11-23-51(44)67-59-43-18-6-3-15-38(43)27-32-46(59)57(60(47)67)61(48)65/h1-35H. The van der Waals surface area contributed by atoms with Crippen molar-refractivity contribution in [1.29, 1.82) is 0 Å². The summed E-state index contributed by atoms with van der Waals surface area (Å²) >= 11 is 0. The molecular weight excluding hydrogens is 815 g/mol. The Balaban J connectivity index is 1.00. The highest BCUT2D eigenvalue weighted by atomic mass is 15.1. The van der Waals surface area contributed by atoms with Crippen molar-refractivity contribution in [2.24, 2.45) is 0 Å². The van der Waals surface area contributed by atoms with Gasteiger partial charge in [-0.3, -0.25) is 4.57 Å². The van der Waals surface area contributed by atoms with E-state index >= 15 is 0 Å². The van der Waals surface area contributed by atoms with Crippen molar-refractivity contribution in [3.8, 4) is 22.8 Å². The zero-order valence-electron chi connectivity index (χ0n) is 35.9. The first-order valence-corrected chi connectivity index (χ1v) is 23.0. The van der Waals surface area contributed by atoms with Gasteiger partial charge in [-0.25, -0.2) is 9.97 Å². The Bertz CT molecular complexity index is 4800. The van der Waals surface area contributed by atoms with E-state index in [1.54, 1.807) is 0 Å². The van der Waals surface area contributed by atoms with Crippen LogP contribution in [0.4, 0.5) is 0 Å². The maximum Gasteiger partial charge on any atom is 0.165 e. The molecule has 0 saturated heterocycles. The SMILES string of the molecule is c1ccc2c(c1)ccc1c2c2ccccc2n1-c1nc2ccccc2nc1-c1ccc(-n2c3ccc4ccccc4c3c3cc4c5ccccc5n5c6c7ccccc7ccc6c(c32)c45)cc1. The van der Waals surface area contributed by atoms with E-state index in [-0.39, 0.29) is 0 Å². The topological polar surface area (TPSA) is 40.0 Å². The van der Waals surface area contributed by atoms with Gasteiger partial charge < -0.3 is 8.97 Å². The smallest absolute Gasteiger partial charge is 0.165 e. The maximum absolute atomic E-state index is 5.47. The molecule has 0 radical (unpaired) electrons. The lowest BCUT2D eigenvalue weighted by atomic mass is 9.99. The zero-order valence-corrected chi connectivity index (χ0v) is 35.9. The Labute approximate surface area is 381 Å². The molecule has 0 aliphatic rings. The highest BCUT2D eigenvalue weighted by Crippen LogP contribution is 2.49. The second-order valence-corrected chi connectivity index (χ2v) is 18.1. The van der Waals surface area contributed by atoms with Gasteiger partial charge in [-0.05, 0) is 81.5 Å². The molecule has 0 spiro atoms. The van der Waals surface area contributed by atoms with Crippen molar-refractivity contribution in [1.82, 2.24) is 23.5 Å². The largest absolute Gasteiger partial charge is 0.309 e. The van der Waals surface area contributed by atoms with Crippen molar-refractivity contribution in [2.45, 2.75) is 0 Å². The van der Waals surface area contributed by atoms with Crippen molar-refractivity contribution in [2.75, 3.05) is 0 Å². The molecule has 0 fully saturated rings. The van der Waals surface area contributed by atoms with Crippen LogP contribution in [0.15, 0.2) is 212 Å². The van der Waals surface area contributed by atoms with Crippen LogP contribution in [-0.4, -0.2) is 23.5 Å². The average Bonchev–Trinajstić information content (AvgIpc) is 4.12. The fourth-order valence-electron chi connectivity index (χ4n) is 11.9. The monoisotopic (exact) mass is 849 g/mol. The van der Waals surface area contributed by atoms with E-state index in [0.717, 1.165) is 44.8 Å². The lowest BCUT2D eigenvalue weighted by Crippen LogP contribution is -2.04. The minimum atomic E-state index is 0.809. The first-order chi connectivity index (χ1) is 33.3. The van der Waals surface area contributed by atoms with E-state index in [9.17, 15) is 0 Å². The van der Waals surface area contributed by atoms with Crippen LogP contribution in [0, 0.1) is 0 Å². The van der Waals surface area contributed by atoms with Gasteiger partial charge in [0.15, 0.2) is 5.82 Å². The Morgan fingerprint density at radius 3 is 1.58 bits per heavy atom. The molecule has 67 heavy (non-hydrogen) atoms. The number of fused-ring (bicyclic) bond motifs is 20. The van der Waals surface area contributed by atoms with E-state index in [1.807, 2.05) is 12.1 Å². The quantitative estimate of drug-likeness (QED) is 0.178. The van der Waals surface area contributed by atoms with Gasteiger partial charge >= 0.3 is 0 Å². The summed E-state index contributed by atoms with van der Waals surface area (Å²) in [6.45, 7) is 0. The molecule has 0 bridgehead atoms. The number of para-hydroxylation sites is 4. The van der Waals surface area contributed by atoms with Crippen LogP contribution in [0.5, 0.6) is 0 Å². The molecule has 0 atom stereocenters. The molecular formula is C62H35N5. The summed E-state index contributed by atoms with van der Waals surface area (Å²) in [4.78, 5) is 10.9. The van der Waals surface area contributed by atoms with Gasteiger partial charge in [0.05, 0.1) is 49.7 Å². The Morgan fingerprint density at radius 2 is 0.851 bits per heavy atom. The molecule has 308 valence electrons. The van der Waals surface area contributed by atoms with Crippen molar-refractivity contribution >= 4 is 125 Å². The fraction of sp³-hybridized carbons (Fsp3) is 0. The van der Waals surface area contributed by atoms with Gasteiger partial charge in [0.25, 0.3) is 0 Å². The second kappa shape index (κ2) is 12.8. The van der Waals surface area contributed by atoms with Crippen LogP contribution in [0.2, 0.25) is 0 Å². The number of benzene rings is 11. The Kier molecular flexibility index (Phi) is 6.75. The molecule has 0 aliphatic carbocycles. The molecule has 16 aromatic rings. The third kappa shape index (κ3) is 4.57. The second-order valence-electron chi connectivity index (χ2n) is 18.1. The molecule has 5 heterocycles.